The largest absolute Gasteiger partial charge is 0.497 e. The molecule has 8 nitrogen and oxygen atoms in total. The van der Waals surface area contributed by atoms with Crippen molar-refractivity contribution < 1.29 is 22.7 Å². The fourth-order valence-electron chi connectivity index (χ4n) is 2.97. The first-order valence-electron chi connectivity index (χ1n) is 9.40. The molecule has 0 bridgehead atoms. The first kappa shape index (κ1) is 22.9. The lowest BCUT2D eigenvalue weighted by Gasteiger charge is -2.23. The van der Waals surface area contributed by atoms with E-state index in [2.05, 4.69) is 16.6 Å². The van der Waals surface area contributed by atoms with E-state index in [0.717, 1.165) is 0 Å². The minimum atomic E-state index is -3.77. The van der Waals surface area contributed by atoms with Gasteiger partial charge < -0.3 is 15.0 Å². The monoisotopic (exact) mass is 461 g/mol. The summed E-state index contributed by atoms with van der Waals surface area (Å²) in [6.07, 6.45) is 1.43. The molecule has 2 aromatic rings. The van der Waals surface area contributed by atoms with Crippen LogP contribution in [0.4, 0.5) is 5.69 Å². The number of anilines is 1. The Bertz CT molecular complexity index is 1070. The van der Waals surface area contributed by atoms with Crippen molar-refractivity contribution >= 4 is 39.3 Å². The number of nitrogens with one attached hydrogen (secondary N) is 2. The third-order valence-corrected chi connectivity index (χ3v) is 7.05. The molecule has 1 aliphatic rings. The second-order valence-corrected chi connectivity index (χ2v) is 9.44. The zero-order valence-corrected chi connectivity index (χ0v) is 18.5. The maximum Gasteiger partial charge on any atom is 0.255 e. The van der Waals surface area contributed by atoms with Crippen LogP contribution in [0.15, 0.2) is 66.1 Å². The Labute approximate surface area is 185 Å². The highest BCUT2D eigenvalue weighted by atomic mass is 32.2. The van der Waals surface area contributed by atoms with Gasteiger partial charge in [-0.05, 0) is 42.5 Å². The Kier molecular flexibility index (Phi) is 7.37. The van der Waals surface area contributed by atoms with Crippen LogP contribution in [0, 0.1) is 0 Å². The number of sulfonamides is 1. The summed E-state index contributed by atoms with van der Waals surface area (Å²) < 4.78 is 32.2. The van der Waals surface area contributed by atoms with Gasteiger partial charge in [0.05, 0.1) is 17.9 Å². The van der Waals surface area contributed by atoms with Crippen molar-refractivity contribution in [1.29, 1.82) is 0 Å². The quantitative estimate of drug-likeness (QED) is 0.585. The van der Waals surface area contributed by atoms with Gasteiger partial charge in [-0.1, -0.05) is 12.1 Å². The SMILES string of the molecule is C=CCNS(=O)(=O)c1cccc(C(=O)N2CSCC2C(=O)Nc2ccc(OC)cc2)c1. The molecule has 164 valence electrons. The summed E-state index contributed by atoms with van der Waals surface area (Å²) in [4.78, 5) is 27.3. The molecule has 0 aliphatic carbocycles. The number of hydrogen-bond donors (Lipinski definition) is 2. The summed E-state index contributed by atoms with van der Waals surface area (Å²) in [5, 5.41) is 2.81. The topological polar surface area (TPSA) is 105 Å². The Balaban J connectivity index is 1.75. The second kappa shape index (κ2) is 9.99. The van der Waals surface area contributed by atoms with Gasteiger partial charge in [0.15, 0.2) is 0 Å². The summed E-state index contributed by atoms with van der Waals surface area (Å²) in [5.41, 5.74) is 0.794. The van der Waals surface area contributed by atoms with Crippen molar-refractivity contribution in [2.45, 2.75) is 10.9 Å². The molecule has 0 aromatic heterocycles. The highest BCUT2D eigenvalue weighted by molar-refractivity contribution is 7.99. The molecular weight excluding hydrogens is 438 g/mol. The number of carbonyl (C=O) groups is 2. The van der Waals surface area contributed by atoms with E-state index in [9.17, 15) is 18.0 Å². The van der Waals surface area contributed by atoms with Gasteiger partial charge in [0.2, 0.25) is 15.9 Å². The number of hydrogen-bond acceptors (Lipinski definition) is 6. The third-order valence-electron chi connectivity index (χ3n) is 4.61. The number of methoxy groups -OCH3 is 1. The number of nitrogens with zero attached hydrogens (tertiary/aromatic N) is 1. The van der Waals surface area contributed by atoms with Crippen molar-refractivity contribution in [2.24, 2.45) is 0 Å². The van der Waals surface area contributed by atoms with Crippen molar-refractivity contribution in [3.63, 3.8) is 0 Å². The van der Waals surface area contributed by atoms with Crippen molar-refractivity contribution in [1.82, 2.24) is 9.62 Å². The van der Waals surface area contributed by atoms with E-state index in [0.29, 0.717) is 23.1 Å². The van der Waals surface area contributed by atoms with E-state index in [-0.39, 0.29) is 22.9 Å². The van der Waals surface area contributed by atoms with Gasteiger partial charge in [-0.25, -0.2) is 13.1 Å². The van der Waals surface area contributed by atoms with Gasteiger partial charge in [-0.3, -0.25) is 9.59 Å². The predicted molar refractivity (Wildman–Crippen MR) is 121 cm³/mol. The van der Waals surface area contributed by atoms with Gasteiger partial charge >= 0.3 is 0 Å². The van der Waals surface area contributed by atoms with Crippen LogP contribution < -0.4 is 14.8 Å². The van der Waals surface area contributed by atoms with Crippen molar-refractivity contribution in [2.75, 3.05) is 30.6 Å². The molecule has 1 atom stereocenters. The molecule has 1 unspecified atom stereocenters. The molecule has 1 fully saturated rings. The van der Waals surface area contributed by atoms with E-state index in [1.807, 2.05) is 0 Å². The van der Waals surface area contributed by atoms with Crippen LogP contribution >= 0.6 is 11.8 Å². The number of benzene rings is 2. The fraction of sp³-hybridized carbons (Fsp3) is 0.238. The van der Waals surface area contributed by atoms with Crippen molar-refractivity contribution in [3.05, 3.63) is 66.7 Å². The summed E-state index contributed by atoms with van der Waals surface area (Å²) in [5.74, 6) is 0.752. The highest BCUT2D eigenvalue weighted by Gasteiger charge is 2.35. The number of ether oxygens (including phenoxy) is 1. The Morgan fingerprint density at radius 1 is 1.26 bits per heavy atom. The minimum absolute atomic E-state index is 0.0220. The maximum atomic E-state index is 13.1. The van der Waals surface area contributed by atoms with Gasteiger partial charge in [0, 0.05) is 23.5 Å². The zero-order chi connectivity index (χ0) is 22.4. The smallest absolute Gasteiger partial charge is 0.255 e. The summed E-state index contributed by atoms with van der Waals surface area (Å²) in [6, 6.07) is 12.0. The first-order chi connectivity index (χ1) is 14.9. The van der Waals surface area contributed by atoms with Gasteiger partial charge in [0.1, 0.15) is 11.8 Å². The third kappa shape index (κ3) is 5.46. The molecule has 0 spiro atoms. The number of thioether (sulfide) groups is 1. The standard InChI is InChI=1S/C21H23N3O5S2/c1-3-11-22-31(27,28)18-6-4-5-15(12-18)21(26)24-14-30-13-19(24)20(25)23-16-7-9-17(29-2)10-8-16/h3-10,12,19,22H,1,11,13-14H2,2H3,(H,23,25). The number of amides is 2. The normalized spacial score (nSPS) is 16.0. The fourth-order valence-corrected chi connectivity index (χ4v) is 5.17. The summed E-state index contributed by atoms with van der Waals surface area (Å²) in [7, 11) is -2.21. The van der Waals surface area contributed by atoms with Gasteiger partial charge in [-0.15, -0.1) is 18.3 Å². The van der Waals surface area contributed by atoms with E-state index in [1.165, 1.54) is 47.0 Å². The average molecular weight is 462 g/mol. The predicted octanol–water partition coefficient (Wildman–Crippen LogP) is 2.31. The lowest BCUT2D eigenvalue weighted by molar-refractivity contribution is -0.119. The summed E-state index contributed by atoms with van der Waals surface area (Å²) in [6.45, 7) is 3.56. The highest BCUT2D eigenvalue weighted by Crippen LogP contribution is 2.25. The van der Waals surface area contributed by atoms with Crippen LogP contribution in [0.1, 0.15) is 10.4 Å². The molecule has 10 heteroatoms. The first-order valence-corrected chi connectivity index (χ1v) is 12.0. The van der Waals surface area contributed by atoms with Crippen LogP contribution in [0.2, 0.25) is 0 Å². The summed E-state index contributed by atoms with van der Waals surface area (Å²) >= 11 is 1.46. The van der Waals surface area contributed by atoms with Crippen LogP contribution in [-0.4, -0.2) is 56.5 Å². The van der Waals surface area contributed by atoms with Crippen LogP contribution in [0.3, 0.4) is 0 Å². The maximum absolute atomic E-state index is 13.1. The molecule has 3 rings (SSSR count). The Morgan fingerprint density at radius 2 is 2.00 bits per heavy atom. The molecule has 1 aliphatic heterocycles. The van der Waals surface area contributed by atoms with Gasteiger partial charge in [0.25, 0.3) is 5.91 Å². The van der Waals surface area contributed by atoms with E-state index in [1.54, 1.807) is 31.4 Å². The molecule has 1 saturated heterocycles. The number of carbonyl (C=O) groups excluding carboxylic acids is 2. The number of rotatable bonds is 8. The molecule has 0 saturated carbocycles. The molecular formula is C21H23N3O5S2. The zero-order valence-electron chi connectivity index (χ0n) is 16.9. The van der Waals surface area contributed by atoms with Crippen LogP contribution in [-0.2, 0) is 14.8 Å². The molecule has 1 heterocycles. The molecule has 31 heavy (non-hydrogen) atoms. The van der Waals surface area contributed by atoms with Crippen molar-refractivity contribution in [3.8, 4) is 5.75 Å². The molecule has 0 radical (unpaired) electrons. The van der Waals surface area contributed by atoms with Crippen LogP contribution in [0.5, 0.6) is 5.75 Å². The lowest BCUT2D eigenvalue weighted by Crippen LogP contribution is -2.44. The molecule has 2 N–H and O–H groups in total. The molecule has 2 aromatic carbocycles. The van der Waals surface area contributed by atoms with Crippen LogP contribution in [0.25, 0.3) is 0 Å². The van der Waals surface area contributed by atoms with E-state index < -0.39 is 22.0 Å². The van der Waals surface area contributed by atoms with Gasteiger partial charge in [-0.2, -0.15) is 0 Å². The van der Waals surface area contributed by atoms with E-state index >= 15 is 0 Å². The average Bonchev–Trinajstić information content (AvgIpc) is 3.28. The minimum Gasteiger partial charge on any atom is -0.497 e. The Hall–Kier alpha value is -2.82. The Morgan fingerprint density at radius 3 is 2.68 bits per heavy atom. The van der Waals surface area contributed by atoms with E-state index in [4.69, 9.17) is 4.74 Å². The lowest BCUT2D eigenvalue weighted by atomic mass is 10.1. The molecule has 2 amide bonds. The second-order valence-electron chi connectivity index (χ2n) is 6.68.